The topological polar surface area (TPSA) is 130 Å². The molecule has 2 heterocycles. The number of nitrogens with zero attached hydrogens (tertiary/aromatic N) is 2. The zero-order chi connectivity index (χ0) is 35.7. The highest BCUT2D eigenvalue weighted by Gasteiger charge is 2.68. The number of anilines is 2. The van der Waals surface area contributed by atoms with Gasteiger partial charge >= 0.3 is 19.0 Å². The van der Waals surface area contributed by atoms with Gasteiger partial charge in [0.25, 0.3) is 5.91 Å². The standard InChI is InChI=1S/C29H28Cl2F8N6O4/c30-17-6-1-13(12-40-24(47)27(7-8-27)29(37,38)39)19(31)20(17)43-26-42-18-11-16(23(44-21(18)45-26)48-9-10-49-25(32)33)22(46)41-15-4-2-14(3-5-15)28(34,35)36/h1,6,11,14-15,25H,2-5,7-10,12H2,(H,40,47)(H,41,46)(H2,42,43,44,45)/t14-,15-. The van der Waals surface area contributed by atoms with Crippen LogP contribution in [-0.2, 0) is 16.1 Å². The number of aromatic nitrogens is 3. The first kappa shape index (κ1) is 36.6. The van der Waals surface area contributed by atoms with Crippen LogP contribution in [-0.4, -0.2) is 65.0 Å². The van der Waals surface area contributed by atoms with Crippen LogP contribution in [0.1, 0.15) is 54.4 Å². The predicted octanol–water partition coefficient (Wildman–Crippen LogP) is 7.44. The van der Waals surface area contributed by atoms with E-state index in [0.717, 1.165) is 0 Å². The van der Waals surface area contributed by atoms with E-state index in [9.17, 15) is 44.7 Å². The fourth-order valence-corrected chi connectivity index (χ4v) is 5.97. The summed E-state index contributed by atoms with van der Waals surface area (Å²) in [7, 11) is 0. The monoisotopic (exact) mass is 746 g/mol. The van der Waals surface area contributed by atoms with Crippen LogP contribution in [0.2, 0.25) is 10.0 Å². The number of amides is 2. The lowest BCUT2D eigenvalue weighted by Crippen LogP contribution is -2.40. The Labute approximate surface area is 282 Å². The minimum absolute atomic E-state index is 0.0171. The first-order chi connectivity index (χ1) is 23.0. The summed E-state index contributed by atoms with van der Waals surface area (Å²) in [4.78, 5) is 37.0. The third-order valence-electron chi connectivity index (χ3n) is 8.35. The number of ether oxygens (including phenoxy) is 2. The van der Waals surface area contributed by atoms with Gasteiger partial charge in [0.1, 0.15) is 23.1 Å². The Morgan fingerprint density at radius 1 is 1.02 bits per heavy atom. The Morgan fingerprint density at radius 3 is 2.33 bits per heavy atom. The van der Waals surface area contributed by atoms with Crippen molar-refractivity contribution in [3.63, 3.8) is 0 Å². The molecule has 0 aliphatic heterocycles. The molecule has 1 aromatic carbocycles. The molecule has 2 amide bonds. The first-order valence-corrected chi connectivity index (χ1v) is 15.6. The molecule has 2 saturated carbocycles. The molecule has 0 bridgehead atoms. The van der Waals surface area contributed by atoms with Crippen molar-refractivity contribution in [1.82, 2.24) is 25.6 Å². The highest BCUT2D eigenvalue weighted by Crippen LogP contribution is 2.57. The molecule has 10 nitrogen and oxygen atoms in total. The molecule has 0 saturated heterocycles. The summed E-state index contributed by atoms with van der Waals surface area (Å²) >= 11 is 12.8. The molecule has 0 unspecified atom stereocenters. The van der Waals surface area contributed by atoms with Crippen molar-refractivity contribution in [3.8, 4) is 5.88 Å². The number of aromatic amines is 1. The van der Waals surface area contributed by atoms with Gasteiger partial charge in [-0.25, -0.2) is 4.98 Å². The Hall–Kier alpha value is -3.64. The molecular formula is C29H28Cl2F8N6O4. The van der Waals surface area contributed by atoms with E-state index in [-0.39, 0.29) is 94.9 Å². The third kappa shape index (κ3) is 8.40. The number of fused-ring (bicyclic) bond motifs is 1. The number of pyridine rings is 1. The van der Waals surface area contributed by atoms with Gasteiger partial charge in [-0.1, -0.05) is 29.3 Å². The smallest absolute Gasteiger partial charge is 0.403 e. The number of hydrogen-bond donors (Lipinski definition) is 4. The average Bonchev–Trinajstić information content (AvgIpc) is 3.76. The van der Waals surface area contributed by atoms with E-state index in [0.29, 0.717) is 0 Å². The van der Waals surface area contributed by atoms with Crippen molar-refractivity contribution in [2.45, 2.75) is 70.1 Å². The number of alkyl halides is 8. The molecule has 2 aromatic heterocycles. The van der Waals surface area contributed by atoms with Crippen LogP contribution >= 0.6 is 23.2 Å². The molecule has 0 spiro atoms. The van der Waals surface area contributed by atoms with Crippen LogP contribution in [0.5, 0.6) is 5.88 Å². The number of H-pyrrole nitrogens is 1. The van der Waals surface area contributed by atoms with Crippen molar-refractivity contribution in [2.24, 2.45) is 11.3 Å². The van der Waals surface area contributed by atoms with Crippen LogP contribution in [0.3, 0.4) is 0 Å². The zero-order valence-corrected chi connectivity index (χ0v) is 26.6. The highest BCUT2D eigenvalue weighted by atomic mass is 35.5. The minimum Gasteiger partial charge on any atom is -0.475 e. The van der Waals surface area contributed by atoms with Crippen LogP contribution < -0.4 is 20.7 Å². The van der Waals surface area contributed by atoms with E-state index in [4.69, 9.17) is 27.9 Å². The summed E-state index contributed by atoms with van der Waals surface area (Å²) in [6.07, 6.45) is -9.83. The number of hydrogen-bond acceptors (Lipinski definition) is 7. The lowest BCUT2D eigenvalue weighted by Gasteiger charge is -2.30. The first-order valence-electron chi connectivity index (χ1n) is 14.9. The Morgan fingerprint density at radius 2 is 1.71 bits per heavy atom. The number of nitrogens with one attached hydrogen (secondary N) is 4. The van der Waals surface area contributed by atoms with E-state index in [1.54, 1.807) is 0 Å². The number of carbonyl (C=O) groups is 2. The van der Waals surface area contributed by atoms with Gasteiger partial charge in [-0.2, -0.15) is 40.1 Å². The normalized spacial score (nSPS) is 19.2. The van der Waals surface area contributed by atoms with Gasteiger partial charge in [0, 0.05) is 12.6 Å². The maximum absolute atomic E-state index is 13.3. The van der Waals surface area contributed by atoms with E-state index in [1.165, 1.54) is 18.2 Å². The second-order valence-corrected chi connectivity index (χ2v) is 12.4. The molecular weight excluding hydrogens is 719 g/mol. The van der Waals surface area contributed by atoms with E-state index < -0.39 is 61.4 Å². The molecule has 2 aliphatic rings. The number of imidazole rings is 1. The number of rotatable bonds is 12. The molecule has 20 heteroatoms. The van der Waals surface area contributed by atoms with Crippen molar-refractivity contribution in [1.29, 1.82) is 0 Å². The summed E-state index contributed by atoms with van der Waals surface area (Å²) in [5.74, 6) is -3.70. The summed E-state index contributed by atoms with van der Waals surface area (Å²) in [5, 5.41) is 7.81. The van der Waals surface area contributed by atoms with Crippen molar-refractivity contribution in [2.75, 3.05) is 18.5 Å². The molecule has 49 heavy (non-hydrogen) atoms. The van der Waals surface area contributed by atoms with Gasteiger partial charge < -0.3 is 30.4 Å². The van der Waals surface area contributed by atoms with Gasteiger partial charge in [0.15, 0.2) is 5.65 Å². The van der Waals surface area contributed by atoms with Crippen LogP contribution in [0.15, 0.2) is 18.2 Å². The molecule has 5 rings (SSSR count). The summed E-state index contributed by atoms with van der Waals surface area (Å²) < 4.78 is 114. The average molecular weight is 747 g/mol. The van der Waals surface area contributed by atoms with Gasteiger partial charge in [-0.05, 0) is 56.2 Å². The van der Waals surface area contributed by atoms with Crippen molar-refractivity contribution in [3.05, 3.63) is 39.4 Å². The maximum Gasteiger partial charge on any atom is 0.403 e. The second kappa shape index (κ2) is 14.3. The number of halogens is 10. The molecule has 0 radical (unpaired) electrons. The van der Waals surface area contributed by atoms with E-state index in [1.807, 2.05) is 0 Å². The Balaban J connectivity index is 1.34. The van der Waals surface area contributed by atoms with Gasteiger partial charge in [0.05, 0.1) is 28.3 Å². The predicted molar refractivity (Wildman–Crippen MR) is 160 cm³/mol. The SMILES string of the molecule is O=C(N[C@H]1CC[C@H](C(F)(F)F)CC1)c1cc2nc(Nc3c(Cl)ccc(CNC(=O)C4(C(F)(F)F)CC4)c3Cl)[nH]c2nc1OCCOC(F)F. The minimum atomic E-state index is -4.69. The van der Waals surface area contributed by atoms with Crippen molar-refractivity contribution < 1.29 is 54.2 Å². The Bertz CT molecular complexity index is 1690. The second-order valence-electron chi connectivity index (χ2n) is 11.6. The highest BCUT2D eigenvalue weighted by molar-refractivity contribution is 6.39. The lowest BCUT2D eigenvalue weighted by atomic mass is 9.85. The lowest BCUT2D eigenvalue weighted by molar-refractivity contribution is -0.192. The summed E-state index contributed by atoms with van der Waals surface area (Å²) in [6.45, 7) is -4.40. The fraction of sp³-hybridized carbons (Fsp3) is 0.517. The zero-order valence-electron chi connectivity index (χ0n) is 25.1. The summed E-state index contributed by atoms with van der Waals surface area (Å²) in [5.41, 5.74) is -2.15. The number of benzene rings is 1. The fourth-order valence-electron chi connectivity index (χ4n) is 5.43. The molecule has 0 atom stereocenters. The number of carbonyl (C=O) groups excluding carboxylic acids is 2. The van der Waals surface area contributed by atoms with Gasteiger partial charge in [-0.15, -0.1) is 0 Å². The molecule has 268 valence electrons. The quantitative estimate of drug-likeness (QED) is 0.112. The molecule has 3 aromatic rings. The van der Waals surface area contributed by atoms with Crippen LogP contribution in [0, 0.1) is 11.3 Å². The Kier molecular flexibility index (Phi) is 10.7. The van der Waals surface area contributed by atoms with Crippen molar-refractivity contribution >= 4 is 57.8 Å². The largest absolute Gasteiger partial charge is 0.475 e. The molecule has 2 fully saturated rings. The van der Waals surface area contributed by atoms with E-state index >= 15 is 0 Å². The van der Waals surface area contributed by atoms with Crippen LogP contribution in [0.4, 0.5) is 46.8 Å². The molecule has 2 aliphatic carbocycles. The van der Waals surface area contributed by atoms with Crippen LogP contribution in [0.25, 0.3) is 11.2 Å². The van der Waals surface area contributed by atoms with E-state index in [2.05, 4.69) is 35.6 Å². The van der Waals surface area contributed by atoms with Gasteiger partial charge in [0.2, 0.25) is 17.7 Å². The van der Waals surface area contributed by atoms with Gasteiger partial charge in [-0.3, -0.25) is 9.59 Å². The maximum atomic E-state index is 13.3. The third-order valence-corrected chi connectivity index (χ3v) is 9.10. The molecule has 4 N–H and O–H groups in total. The summed E-state index contributed by atoms with van der Waals surface area (Å²) in [6, 6.07) is 3.52.